The van der Waals surface area contributed by atoms with E-state index in [1.54, 1.807) is 0 Å². The molecule has 6 heavy (non-hydrogen) atoms. The molecule has 1 aromatic rings. The number of nitrogens with zero attached hydrogens (tertiary/aromatic N) is 3. The van der Waals surface area contributed by atoms with Crippen LogP contribution in [0.4, 0.5) is 0 Å². The highest BCUT2D eigenvalue weighted by Crippen LogP contribution is 1.43. The highest BCUT2D eigenvalue weighted by atomic mass is 127. The molecule has 1 heterocycles. The molecule has 0 spiro atoms. The minimum absolute atomic E-state index is 0. The third-order valence-electron chi connectivity index (χ3n) is 0.270. The van der Waals surface area contributed by atoms with Gasteiger partial charge in [-0.25, -0.2) is 0 Å². The molecule has 0 aliphatic rings. The van der Waals surface area contributed by atoms with E-state index in [1.165, 1.54) is 6.33 Å². The summed E-state index contributed by atoms with van der Waals surface area (Å²) in [7, 11) is 0. The van der Waals surface area contributed by atoms with Crippen LogP contribution in [-0.2, 0) is 0 Å². The van der Waals surface area contributed by atoms with Gasteiger partial charge >= 0.3 is 0 Å². The average Bonchev–Trinajstić information content (AvgIpc) is 1.76. The van der Waals surface area contributed by atoms with E-state index in [9.17, 15) is 0 Å². The lowest BCUT2D eigenvalue weighted by molar-refractivity contribution is -0.00000126. The lowest BCUT2D eigenvalue weighted by Crippen LogP contribution is -3.00. The average molecular weight is 199 g/mol. The highest BCUT2D eigenvalue weighted by Gasteiger charge is 1.58. The van der Waals surface area contributed by atoms with Crippen molar-refractivity contribution in [1.29, 1.82) is 0 Å². The summed E-state index contributed by atoms with van der Waals surface area (Å²) in [6.45, 7) is 0. The van der Waals surface area contributed by atoms with Gasteiger partial charge in [0.25, 0.3) is 0 Å². The van der Waals surface area contributed by atoms with Crippen LogP contribution in [0.15, 0.2) is 6.33 Å². The Labute approximate surface area is 51.3 Å². The first-order valence-electron chi connectivity index (χ1n) is 1.16. The van der Waals surface area contributed by atoms with E-state index in [0.717, 1.165) is 0 Å². The maximum absolute atomic E-state index is 3.38. The van der Waals surface area contributed by atoms with Crippen molar-refractivity contribution < 1.29 is 24.0 Å². The summed E-state index contributed by atoms with van der Waals surface area (Å²) in [5.41, 5.74) is 0. The number of halogens is 1. The van der Waals surface area contributed by atoms with Crippen LogP contribution in [0.5, 0.6) is 0 Å². The number of hydrogen-bond acceptors (Lipinski definition) is 3. The van der Waals surface area contributed by atoms with Gasteiger partial charge in [-0.1, -0.05) is 5.21 Å². The zero-order chi connectivity index (χ0) is 3.54. The molecule has 0 bridgehead atoms. The number of aromatic amines is 1. The number of nitrogens with one attached hydrogen (secondary N) is 1. The van der Waals surface area contributed by atoms with Gasteiger partial charge in [0, 0.05) is 0 Å². The highest BCUT2D eigenvalue weighted by molar-refractivity contribution is 4.24. The van der Waals surface area contributed by atoms with Crippen LogP contribution in [-0.4, -0.2) is 20.6 Å². The molecule has 0 aromatic carbocycles. The first-order chi connectivity index (χ1) is 2.50. The Kier molecular flexibility index (Phi) is 2.91. The molecular weight excluding hydrogens is 195 g/mol. The van der Waals surface area contributed by atoms with Gasteiger partial charge in [0.05, 0.1) is 0 Å². The Morgan fingerprint density at radius 3 is 2.50 bits per heavy atom. The molecule has 0 aliphatic heterocycles. The molecule has 0 atom stereocenters. The third kappa shape index (κ3) is 1.29. The van der Waals surface area contributed by atoms with Crippen molar-refractivity contribution in [2.24, 2.45) is 0 Å². The minimum atomic E-state index is 0. The van der Waals surface area contributed by atoms with Gasteiger partial charge in [0.2, 0.25) is 24.0 Å². The second kappa shape index (κ2) is 3.01. The summed E-state index contributed by atoms with van der Waals surface area (Å²) in [6, 6.07) is 0. The quantitative estimate of drug-likeness (QED) is 0.430. The normalized spacial score (nSPS) is 6.67. The number of hydrogen-bond donors (Lipinski definition) is 1. The number of rotatable bonds is 0. The summed E-state index contributed by atoms with van der Waals surface area (Å²) in [5, 5.41) is 12.2. The van der Waals surface area contributed by atoms with Crippen molar-refractivity contribution in [3.63, 3.8) is 0 Å². The van der Waals surface area contributed by atoms with Crippen molar-refractivity contribution in [3.8, 4) is 0 Å². The summed E-state index contributed by atoms with van der Waals surface area (Å²) < 4.78 is 0. The topological polar surface area (TPSA) is 54.5 Å². The predicted molar refractivity (Wildman–Crippen MR) is 17.0 cm³/mol. The molecule has 4 nitrogen and oxygen atoms in total. The lowest BCUT2D eigenvalue weighted by atomic mass is 11.4. The summed E-state index contributed by atoms with van der Waals surface area (Å²) in [5.74, 6) is 0. The fourth-order valence-corrected chi connectivity index (χ4v) is 0.129. The number of tetrazole rings is 1. The third-order valence-corrected chi connectivity index (χ3v) is 0.270. The molecule has 0 aliphatic carbocycles. The van der Waals surface area contributed by atoms with Gasteiger partial charge in [-0.15, -0.1) is 10.2 Å². The molecule has 0 radical (unpaired) electrons. The molecule has 0 saturated heterocycles. The van der Waals surface area contributed by atoms with Crippen LogP contribution < -0.4 is 24.0 Å². The van der Waals surface area contributed by atoms with Crippen molar-refractivity contribution >= 4 is 0 Å². The van der Waals surface area contributed by atoms with Crippen LogP contribution in [0.3, 0.4) is 0 Å². The van der Waals surface area contributed by atoms with E-state index in [0.29, 0.717) is 0 Å². The van der Waals surface area contributed by atoms with E-state index in [1.807, 2.05) is 0 Å². The number of H-pyrrole nitrogens is 1. The van der Waals surface area contributed by atoms with Crippen LogP contribution in [0.1, 0.15) is 0 Å². The molecule has 1 rings (SSSR count). The summed E-state index contributed by atoms with van der Waals surface area (Å²) >= 11 is 0. The van der Waals surface area contributed by atoms with Gasteiger partial charge < -0.3 is 0 Å². The van der Waals surface area contributed by atoms with E-state index < -0.39 is 0 Å². The van der Waals surface area contributed by atoms with Crippen molar-refractivity contribution in [2.75, 3.05) is 0 Å². The van der Waals surface area contributed by atoms with E-state index >= 15 is 0 Å². The second-order valence-electron chi connectivity index (χ2n) is 0.560. The van der Waals surface area contributed by atoms with Crippen molar-refractivity contribution in [2.45, 2.75) is 0 Å². The molecule has 0 unspecified atom stereocenters. The molecule has 0 fully saturated rings. The molecule has 0 amide bonds. The van der Waals surface area contributed by atoms with Gasteiger partial charge in [-0.05, 0) is 0 Å². The fourth-order valence-electron chi connectivity index (χ4n) is 0.129. The molecule has 1 N–H and O–H groups in total. The predicted octanol–water partition coefficient (Wildman–Crippen LogP) is -4.33. The maximum atomic E-state index is 3.38. The van der Waals surface area contributed by atoms with Crippen LogP contribution >= 0.6 is 0 Å². The summed E-state index contributed by atoms with van der Waals surface area (Å²) in [6.07, 6.45) is 1.33. The Hall–Kier alpha value is -0.200. The van der Waals surface area contributed by atoms with E-state index in [2.05, 4.69) is 20.6 Å². The van der Waals surface area contributed by atoms with Crippen molar-refractivity contribution in [3.05, 3.63) is 6.33 Å². The Balaban J connectivity index is 0.000000250. The van der Waals surface area contributed by atoms with Crippen LogP contribution in [0, 0.1) is 0 Å². The monoisotopic (exact) mass is 199 g/mol. The zero-order valence-corrected chi connectivity index (χ0v) is 5.42. The van der Waals surface area contributed by atoms with Gasteiger partial charge in [-0.3, -0.25) is 0 Å². The van der Waals surface area contributed by atoms with E-state index in [4.69, 9.17) is 0 Å². The summed E-state index contributed by atoms with van der Waals surface area (Å²) in [4.78, 5) is 0. The molecule has 34 valence electrons. The molecular formula is CH4IN4+. The largest absolute Gasteiger partial charge is 0.235 e. The Morgan fingerprint density at radius 2 is 2.33 bits per heavy atom. The SMILES string of the molecule is [IH2+].c1nn[nH]n1. The molecule has 1 aromatic heterocycles. The smallest absolute Gasteiger partial charge is 0.177 e. The van der Waals surface area contributed by atoms with Crippen LogP contribution in [0.25, 0.3) is 0 Å². The minimum Gasteiger partial charge on any atom is -0.177 e. The second-order valence-corrected chi connectivity index (χ2v) is 0.560. The van der Waals surface area contributed by atoms with Crippen LogP contribution in [0.2, 0.25) is 0 Å². The van der Waals surface area contributed by atoms with E-state index in [-0.39, 0.29) is 24.0 Å². The first kappa shape index (κ1) is 5.80. The lowest BCUT2D eigenvalue weighted by Gasteiger charge is -1.44. The van der Waals surface area contributed by atoms with Gasteiger partial charge in [0.15, 0.2) is 6.33 Å². The Bertz CT molecular complexity index is 64.0. The van der Waals surface area contributed by atoms with Crippen molar-refractivity contribution in [1.82, 2.24) is 20.6 Å². The zero-order valence-electron chi connectivity index (χ0n) is 2.87. The standard InChI is InChI=1S/CH2N4.H2I/c1-2-4-5-3-1;/h1H,(H,2,3,4,5);1H2/q;+1. The number of aromatic nitrogens is 4. The van der Waals surface area contributed by atoms with Gasteiger partial charge in [0.1, 0.15) is 0 Å². The molecule has 0 saturated carbocycles. The fraction of sp³-hybridized carbons (Fsp3) is 0. The first-order valence-corrected chi connectivity index (χ1v) is 1.16. The van der Waals surface area contributed by atoms with Gasteiger partial charge in [-0.2, -0.15) is 5.21 Å². The Morgan fingerprint density at radius 1 is 1.50 bits per heavy atom. The molecule has 5 heteroatoms. The maximum Gasteiger partial charge on any atom is 0.235 e.